The molecule has 0 heterocycles. The van der Waals surface area contributed by atoms with Crippen LogP contribution in [0.3, 0.4) is 0 Å². The van der Waals surface area contributed by atoms with Crippen molar-refractivity contribution >= 4 is 25.7 Å². The molecule has 23 heavy (non-hydrogen) atoms. The van der Waals surface area contributed by atoms with Crippen LogP contribution in [-0.2, 0) is 14.2 Å². The molecule has 0 bridgehead atoms. The van der Waals surface area contributed by atoms with Crippen molar-refractivity contribution in [2.75, 3.05) is 19.0 Å². The monoisotopic (exact) mass is 345 g/mol. The van der Waals surface area contributed by atoms with E-state index in [0.717, 1.165) is 0 Å². The second-order valence-corrected chi connectivity index (χ2v) is 6.35. The summed E-state index contributed by atoms with van der Waals surface area (Å²) in [5.41, 5.74) is -0.456. The lowest BCUT2D eigenvalue weighted by atomic mass is 9.99. The first-order valence-electron chi connectivity index (χ1n) is 6.90. The molecule has 0 fully saturated rings. The third-order valence-corrected chi connectivity index (χ3v) is 4.63. The summed E-state index contributed by atoms with van der Waals surface area (Å²) in [5.74, 6) is -3.05. The minimum Gasteiger partial charge on any atom is -0.497 e. The number of anilines is 1. The Balaban J connectivity index is 2.81. The Morgan fingerprint density at radius 2 is 2.04 bits per heavy atom. The Morgan fingerprint density at radius 1 is 1.35 bits per heavy atom. The molecule has 0 radical (unpaired) electrons. The zero-order valence-electron chi connectivity index (χ0n) is 12.6. The Kier molecular flexibility index (Phi) is 7.57. The van der Waals surface area contributed by atoms with Crippen LogP contribution in [-0.4, -0.2) is 46.4 Å². The molecule has 0 aliphatic carbocycles. The average molecular weight is 345 g/mol. The number of hydrogen-bond acceptors (Lipinski definition) is 5. The van der Waals surface area contributed by atoms with Gasteiger partial charge in [-0.25, -0.2) is 0 Å². The van der Waals surface area contributed by atoms with E-state index < -0.39 is 31.5 Å². The van der Waals surface area contributed by atoms with Gasteiger partial charge in [0.2, 0.25) is 0 Å². The van der Waals surface area contributed by atoms with Crippen LogP contribution < -0.4 is 10.1 Å². The number of benzene rings is 1. The maximum atomic E-state index is 11.5. The molecule has 0 aliphatic rings. The average Bonchev–Trinajstić information content (AvgIpc) is 2.49. The fourth-order valence-electron chi connectivity index (χ4n) is 2.14. The van der Waals surface area contributed by atoms with Crippen molar-refractivity contribution in [3.8, 4) is 5.75 Å². The van der Waals surface area contributed by atoms with Gasteiger partial charge < -0.3 is 25.2 Å². The van der Waals surface area contributed by atoms with Crippen LogP contribution in [0.15, 0.2) is 24.3 Å². The van der Waals surface area contributed by atoms with Crippen molar-refractivity contribution < 1.29 is 34.0 Å². The van der Waals surface area contributed by atoms with Gasteiger partial charge in [0.1, 0.15) is 5.75 Å². The SMILES string of the molecule is COc1cccc(NCC(C(CCC(=O)O)C(=O)O)[PH](=O)O)c1. The lowest BCUT2D eigenvalue weighted by Gasteiger charge is -2.22. The molecule has 1 aromatic carbocycles. The van der Waals surface area contributed by atoms with E-state index in [1.165, 1.54) is 7.11 Å². The van der Waals surface area contributed by atoms with Crippen molar-refractivity contribution in [3.63, 3.8) is 0 Å². The molecule has 0 saturated heterocycles. The minimum atomic E-state index is -3.17. The van der Waals surface area contributed by atoms with Gasteiger partial charge in [-0.3, -0.25) is 14.2 Å². The number of hydrogen-bond donors (Lipinski definition) is 4. The summed E-state index contributed by atoms with van der Waals surface area (Å²) in [7, 11) is -1.67. The second kappa shape index (κ2) is 9.17. The van der Waals surface area contributed by atoms with Crippen LogP contribution in [0.1, 0.15) is 12.8 Å². The highest BCUT2D eigenvalue weighted by atomic mass is 31.1. The van der Waals surface area contributed by atoms with E-state index >= 15 is 0 Å². The topological polar surface area (TPSA) is 133 Å². The molecule has 128 valence electrons. The lowest BCUT2D eigenvalue weighted by Crippen LogP contribution is -2.32. The molecular weight excluding hydrogens is 325 g/mol. The van der Waals surface area contributed by atoms with Crippen molar-refractivity contribution in [1.82, 2.24) is 0 Å². The van der Waals surface area contributed by atoms with Crippen molar-refractivity contribution in [1.29, 1.82) is 0 Å². The number of carbonyl (C=O) groups is 2. The summed E-state index contributed by atoms with van der Waals surface area (Å²) >= 11 is 0. The zero-order chi connectivity index (χ0) is 17.4. The van der Waals surface area contributed by atoms with Gasteiger partial charge in [-0.05, 0) is 18.6 Å². The highest BCUT2D eigenvalue weighted by Gasteiger charge is 2.32. The van der Waals surface area contributed by atoms with Crippen LogP contribution in [0.4, 0.5) is 5.69 Å². The summed E-state index contributed by atoms with van der Waals surface area (Å²) in [6.07, 6.45) is -0.576. The predicted octanol–water partition coefficient (Wildman–Crippen LogP) is 1.51. The van der Waals surface area contributed by atoms with Crippen LogP contribution in [0, 0.1) is 5.92 Å². The quantitative estimate of drug-likeness (QED) is 0.469. The van der Waals surface area contributed by atoms with E-state index in [2.05, 4.69) is 5.32 Å². The van der Waals surface area contributed by atoms with E-state index in [0.29, 0.717) is 11.4 Å². The summed E-state index contributed by atoms with van der Waals surface area (Å²) in [6, 6.07) is 6.82. The van der Waals surface area contributed by atoms with Gasteiger partial charge in [0, 0.05) is 24.7 Å². The lowest BCUT2D eigenvalue weighted by molar-refractivity contribution is -0.142. The number of aliphatic carboxylic acids is 2. The number of rotatable bonds is 10. The molecule has 0 saturated carbocycles. The molecule has 3 unspecified atom stereocenters. The normalized spacial score (nSPS) is 14.5. The Labute approximate surface area is 134 Å². The first-order chi connectivity index (χ1) is 10.8. The molecule has 3 atom stereocenters. The minimum absolute atomic E-state index is 0.0575. The van der Waals surface area contributed by atoms with Gasteiger partial charge in [0.15, 0.2) is 8.03 Å². The third kappa shape index (κ3) is 6.30. The van der Waals surface area contributed by atoms with Crippen LogP contribution in [0.2, 0.25) is 0 Å². The number of methoxy groups -OCH3 is 1. The Bertz CT molecular complexity index is 578. The van der Waals surface area contributed by atoms with Gasteiger partial charge in [-0.15, -0.1) is 0 Å². The van der Waals surface area contributed by atoms with E-state index in [9.17, 15) is 24.2 Å². The fourth-order valence-corrected chi connectivity index (χ4v) is 3.07. The summed E-state index contributed by atoms with van der Waals surface area (Å²) in [4.78, 5) is 31.4. The largest absolute Gasteiger partial charge is 0.497 e. The maximum Gasteiger partial charge on any atom is 0.307 e. The third-order valence-electron chi connectivity index (χ3n) is 3.39. The van der Waals surface area contributed by atoms with Crippen molar-refractivity contribution in [2.24, 2.45) is 5.92 Å². The van der Waals surface area contributed by atoms with Gasteiger partial charge in [0.05, 0.1) is 18.7 Å². The molecular formula is C14H20NO7P. The van der Waals surface area contributed by atoms with E-state index in [1.54, 1.807) is 24.3 Å². The summed E-state index contributed by atoms with van der Waals surface area (Å²) in [6.45, 7) is -0.0575. The molecule has 0 aromatic heterocycles. The molecule has 1 rings (SSSR count). The van der Waals surface area contributed by atoms with Crippen LogP contribution in [0.5, 0.6) is 5.75 Å². The number of carboxylic acids is 2. The van der Waals surface area contributed by atoms with Crippen LogP contribution >= 0.6 is 8.03 Å². The van der Waals surface area contributed by atoms with E-state index in [1.807, 2.05) is 0 Å². The molecule has 0 amide bonds. The predicted molar refractivity (Wildman–Crippen MR) is 84.5 cm³/mol. The smallest absolute Gasteiger partial charge is 0.307 e. The molecule has 0 spiro atoms. The maximum absolute atomic E-state index is 11.5. The Hall–Kier alpha value is -2.05. The molecule has 0 aliphatic heterocycles. The number of ether oxygens (including phenoxy) is 1. The van der Waals surface area contributed by atoms with E-state index in [4.69, 9.17) is 9.84 Å². The Morgan fingerprint density at radius 3 is 2.57 bits per heavy atom. The molecule has 8 nitrogen and oxygen atoms in total. The first-order valence-corrected chi connectivity index (χ1v) is 8.33. The van der Waals surface area contributed by atoms with Crippen molar-refractivity contribution in [3.05, 3.63) is 24.3 Å². The molecule has 4 N–H and O–H groups in total. The van der Waals surface area contributed by atoms with Gasteiger partial charge in [-0.1, -0.05) is 6.07 Å². The fraction of sp³-hybridized carbons (Fsp3) is 0.429. The van der Waals surface area contributed by atoms with Crippen molar-refractivity contribution in [2.45, 2.75) is 18.5 Å². The zero-order valence-corrected chi connectivity index (χ0v) is 13.6. The standard InChI is InChI=1S/C14H20NO7P/c1-22-10-4-2-3-9(7-10)15-8-12(23(20)21)11(14(18)19)5-6-13(16)17/h2-4,7,11-12,15,23H,5-6,8H2,1H3,(H,16,17)(H,18,19)(H,20,21). The number of carboxylic acid groups (broad SMARTS) is 2. The first kappa shape index (κ1) is 19.0. The second-order valence-electron chi connectivity index (χ2n) is 4.93. The summed E-state index contributed by atoms with van der Waals surface area (Å²) in [5, 5.41) is 20.8. The highest BCUT2D eigenvalue weighted by Crippen LogP contribution is 2.32. The number of nitrogens with one attached hydrogen (secondary N) is 1. The molecule has 1 aromatic rings. The van der Waals surface area contributed by atoms with Gasteiger partial charge in [-0.2, -0.15) is 0 Å². The van der Waals surface area contributed by atoms with E-state index in [-0.39, 0.29) is 19.4 Å². The summed E-state index contributed by atoms with van der Waals surface area (Å²) < 4.78 is 16.6. The van der Waals surface area contributed by atoms with Crippen LogP contribution in [0.25, 0.3) is 0 Å². The highest BCUT2D eigenvalue weighted by molar-refractivity contribution is 7.39. The molecule has 9 heteroatoms. The van der Waals surface area contributed by atoms with Gasteiger partial charge >= 0.3 is 11.9 Å². The van der Waals surface area contributed by atoms with Gasteiger partial charge in [0.25, 0.3) is 0 Å².